The number of rotatable bonds is 4. The smallest absolute Gasteiger partial charge is 0.304 e. The van der Waals surface area contributed by atoms with Gasteiger partial charge in [0.1, 0.15) is 5.69 Å². The predicted octanol–water partition coefficient (Wildman–Crippen LogP) is 2.58. The molecule has 0 unspecified atom stereocenters. The van der Waals surface area contributed by atoms with Crippen molar-refractivity contribution < 1.29 is 9.94 Å². The Labute approximate surface area is 157 Å². The fourth-order valence-electron chi connectivity index (χ4n) is 3.24. The highest BCUT2D eigenvalue weighted by molar-refractivity contribution is 5.62. The first kappa shape index (κ1) is 17.3. The van der Waals surface area contributed by atoms with Gasteiger partial charge in [-0.05, 0) is 17.7 Å². The molecule has 1 fully saturated rings. The van der Waals surface area contributed by atoms with Crippen molar-refractivity contribution in [1.29, 1.82) is 0 Å². The second-order valence-corrected chi connectivity index (χ2v) is 6.53. The molecule has 2 heterocycles. The molecule has 1 aromatic heterocycles. The highest BCUT2D eigenvalue weighted by atomic mass is 16.5. The molecule has 3 aromatic rings. The first-order chi connectivity index (χ1) is 13.2. The Bertz CT molecular complexity index is 962. The summed E-state index contributed by atoms with van der Waals surface area (Å²) in [5, 5.41) is 10.0. The summed E-state index contributed by atoms with van der Waals surface area (Å²) < 4.78 is 6.01. The Morgan fingerprint density at radius 2 is 1.70 bits per heavy atom. The van der Waals surface area contributed by atoms with Gasteiger partial charge in [0.15, 0.2) is 0 Å². The van der Waals surface area contributed by atoms with Crippen LogP contribution < -0.4 is 10.5 Å². The van der Waals surface area contributed by atoms with E-state index < -0.39 is 5.56 Å². The van der Waals surface area contributed by atoms with E-state index in [4.69, 9.17) is 4.74 Å². The van der Waals surface area contributed by atoms with E-state index in [-0.39, 0.29) is 0 Å². The Hall–Kier alpha value is -3.12. The normalized spacial score (nSPS) is 14.3. The van der Waals surface area contributed by atoms with Crippen LogP contribution in [-0.2, 0) is 11.2 Å². The molecular formula is C21H21N3O3. The third-order valence-corrected chi connectivity index (χ3v) is 4.71. The SMILES string of the molecule is O=c1c(Cc2ccccc2)nc(-c2ccc(N3CCOCC3)cc2)cn1O. The number of anilines is 1. The Morgan fingerprint density at radius 3 is 2.41 bits per heavy atom. The van der Waals surface area contributed by atoms with Crippen molar-refractivity contribution >= 4 is 5.69 Å². The Morgan fingerprint density at radius 1 is 1.00 bits per heavy atom. The number of benzene rings is 2. The van der Waals surface area contributed by atoms with Crippen molar-refractivity contribution in [2.24, 2.45) is 0 Å². The van der Waals surface area contributed by atoms with Crippen LogP contribution in [0.15, 0.2) is 65.6 Å². The molecule has 0 spiro atoms. The van der Waals surface area contributed by atoms with Gasteiger partial charge in [-0.3, -0.25) is 4.79 Å². The van der Waals surface area contributed by atoms with Crippen LogP contribution in [0, 0.1) is 0 Å². The standard InChI is InChI=1S/C21H21N3O3/c25-21-19(14-16-4-2-1-3-5-16)22-20(15-24(21)26)17-6-8-18(9-7-17)23-10-12-27-13-11-23/h1-9,15,26H,10-14H2. The minimum Gasteiger partial charge on any atom is -0.425 e. The number of aromatic nitrogens is 2. The van der Waals surface area contributed by atoms with Crippen LogP contribution in [0.5, 0.6) is 0 Å². The van der Waals surface area contributed by atoms with Crippen LogP contribution in [-0.4, -0.2) is 41.2 Å². The van der Waals surface area contributed by atoms with E-state index in [0.29, 0.717) is 22.5 Å². The van der Waals surface area contributed by atoms with Gasteiger partial charge < -0.3 is 14.8 Å². The van der Waals surface area contributed by atoms with Crippen molar-refractivity contribution in [3.8, 4) is 11.3 Å². The molecule has 0 saturated carbocycles. The van der Waals surface area contributed by atoms with E-state index in [1.54, 1.807) is 0 Å². The first-order valence-electron chi connectivity index (χ1n) is 8.99. The predicted molar refractivity (Wildman–Crippen MR) is 103 cm³/mol. The summed E-state index contributed by atoms with van der Waals surface area (Å²) in [5.41, 5.74) is 3.34. The van der Waals surface area contributed by atoms with Gasteiger partial charge in [-0.25, -0.2) is 4.98 Å². The van der Waals surface area contributed by atoms with Crippen LogP contribution in [0.2, 0.25) is 0 Å². The lowest BCUT2D eigenvalue weighted by atomic mass is 10.1. The van der Waals surface area contributed by atoms with Gasteiger partial charge in [-0.2, -0.15) is 4.73 Å². The number of morpholine rings is 1. The van der Waals surface area contributed by atoms with Crippen LogP contribution in [0.3, 0.4) is 0 Å². The summed E-state index contributed by atoms with van der Waals surface area (Å²) in [4.78, 5) is 19.0. The summed E-state index contributed by atoms with van der Waals surface area (Å²) >= 11 is 0. The zero-order valence-corrected chi connectivity index (χ0v) is 14.9. The Kier molecular flexibility index (Phi) is 4.89. The van der Waals surface area contributed by atoms with E-state index in [2.05, 4.69) is 9.88 Å². The molecule has 1 saturated heterocycles. The minimum absolute atomic E-state index is 0.318. The van der Waals surface area contributed by atoms with Gasteiger partial charge in [0.05, 0.1) is 25.1 Å². The minimum atomic E-state index is -0.493. The number of hydrogen-bond donors (Lipinski definition) is 1. The highest BCUT2D eigenvalue weighted by Crippen LogP contribution is 2.22. The summed E-state index contributed by atoms with van der Waals surface area (Å²) in [5.74, 6) is 0. The van der Waals surface area contributed by atoms with Crippen LogP contribution >= 0.6 is 0 Å². The lowest BCUT2D eigenvalue weighted by Crippen LogP contribution is -2.36. The fourth-order valence-corrected chi connectivity index (χ4v) is 3.24. The van der Waals surface area contributed by atoms with E-state index in [9.17, 15) is 10.0 Å². The van der Waals surface area contributed by atoms with Gasteiger partial charge in [0.25, 0.3) is 0 Å². The summed E-state index contributed by atoms with van der Waals surface area (Å²) in [7, 11) is 0. The van der Waals surface area contributed by atoms with Crippen LogP contribution in [0.1, 0.15) is 11.3 Å². The van der Waals surface area contributed by atoms with E-state index in [1.165, 1.54) is 6.20 Å². The maximum atomic E-state index is 12.2. The van der Waals surface area contributed by atoms with Gasteiger partial charge >= 0.3 is 5.56 Å². The second-order valence-electron chi connectivity index (χ2n) is 6.53. The van der Waals surface area contributed by atoms with E-state index >= 15 is 0 Å². The van der Waals surface area contributed by atoms with Crippen molar-refractivity contribution in [3.05, 3.63) is 82.4 Å². The number of ether oxygens (including phenoxy) is 1. The second kappa shape index (κ2) is 7.63. The summed E-state index contributed by atoms with van der Waals surface area (Å²) in [6, 6.07) is 17.6. The molecule has 27 heavy (non-hydrogen) atoms. The fraction of sp³-hybridized carbons (Fsp3) is 0.238. The summed E-state index contributed by atoms with van der Waals surface area (Å²) in [6.45, 7) is 3.23. The zero-order chi connectivity index (χ0) is 18.6. The molecule has 1 aliphatic rings. The topological polar surface area (TPSA) is 67.6 Å². The third-order valence-electron chi connectivity index (χ3n) is 4.71. The van der Waals surface area contributed by atoms with E-state index in [1.807, 2.05) is 54.6 Å². The first-order valence-corrected chi connectivity index (χ1v) is 8.99. The molecule has 1 N–H and O–H groups in total. The molecule has 4 rings (SSSR count). The molecule has 0 atom stereocenters. The van der Waals surface area contributed by atoms with Crippen molar-refractivity contribution in [2.75, 3.05) is 31.2 Å². The van der Waals surface area contributed by atoms with Gasteiger partial charge in [0.2, 0.25) is 0 Å². The molecule has 0 aliphatic carbocycles. The molecule has 2 aromatic carbocycles. The molecule has 138 valence electrons. The lowest BCUT2D eigenvalue weighted by molar-refractivity contribution is 0.122. The molecule has 6 heteroatoms. The molecule has 6 nitrogen and oxygen atoms in total. The van der Waals surface area contributed by atoms with Gasteiger partial charge in [-0.1, -0.05) is 42.5 Å². The van der Waals surface area contributed by atoms with Gasteiger partial charge in [-0.15, -0.1) is 0 Å². The average molecular weight is 363 g/mol. The van der Waals surface area contributed by atoms with Gasteiger partial charge in [0, 0.05) is 30.8 Å². The largest absolute Gasteiger partial charge is 0.425 e. The highest BCUT2D eigenvalue weighted by Gasteiger charge is 2.13. The van der Waals surface area contributed by atoms with Crippen LogP contribution in [0.25, 0.3) is 11.3 Å². The van der Waals surface area contributed by atoms with Crippen molar-refractivity contribution in [1.82, 2.24) is 9.71 Å². The van der Waals surface area contributed by atoms with Crippen molar-refractivity contribution in [3.63, 3.8) is 0 Å². The lowest BCUT2D eigenvalue weighted by Gasteiger charge is -2.28. The number of hydrogen-bond acceptors (Lipinski definition) is 5. The van der Waals surface area contributed by atoms with E-state index in [0.717, 1.165) is 43.1 Å². The zero-order valence-electron chi connectivity index (χ0n) is 14.9. The number of nitrogens with zero attached hydrogens (tertiary/aromatic N) is 3. The summed E-state index contributed by atoms with van der Waals surface area (Å²) in [6.07, 6.45) is 1.74. The molecule has 0 bridgehead atoms. The van der Waals surface area contributed by atoms with Crippen molar-refractivity contribution in [2.45, 2.75) is 6.42 Å². The average Bonchev–Trinajstić information content (AvgIpc) is 2.73. The maximum absolute atomic E-state index is 12.2. The monoisotopic (exact) mass is 363 g/mol. The third kappa shape index (κ3) is 3.85. The quantitative estimate of drug-likeness (QED) is 0.722. The molecular weight excluding hydrogens is 342 g/mol. The molecule has 0 amide bonds. The van der Waals surface area contributed by atoms with Crippen LogP contribution in [0.4, 0.5) is 5.69 Å². The molecule has 0 radical (unpaired) electrons. The maximum Gasteiger partial charge on any atom is 0.304 e. The Balaban J connectivity index is 1.62. The molecule has 1 aliphatic heterocycles.